The van der Waals surface area contributed by atoms with Gasteiger partial charge in [-0.05, 0) is 31.6 Å². The van der Waals surface area contributed by atoms with Crippen LogP contribution in [-0.4, -0.2) is 45.3 Å². The number of aromatic nitrogens is 4. The Hall–Kier alpha value is -2.18. The zero-order valence-electron chi connectivity index (χ0n) is 13.4. The lowest BCUT2D eigenvalue weighted by molar-refractivity contribution is -0.125. The average molecular weight is 314 g/mol. The molecule has 4 rings (SSSR count). The molecule has 2 fully saturated rings. The number of nitrogens with zero attached hydrogens (tertiary/aromatic N) is 5. The number of nitrogens with one attached hydrogen (secondary N) is 1. The van der Waals surface area contributed by atoms with Crippen molar-refractivity contribution in [2.45, 2.75) is 25.7 Å². The maximum absolute atomic E-state index is 12.4. The standard InChI is InChI=1S/C16H22N6O/c1-21-14-13(8-20-21)15(19-10-18-14)22-6-2-3-12(9-22)16(23)17-7-11-4-5-11/h8,10-12H,2-7,9H2,1H3,(H,17,23)/t12-/m0/s1. The van der Waals surface area contributed by atoms with Crippen molar-refractivity contribution >= 4 is 22.8 Å². The molecule has 122 valence electrons. The predicted molar refractivity (Wildman–Crippen MR) is 87.0 cm³/mol. The molecule has 2 aromatic rings. The maximum atomic E-state index is 12.4. The van der Waals surface area contributed by atoms with Crippen LogP contribution in [-0.2, 0) is 11.8 Å². The number of amides is 1. The van der Waals surface area contributed by atoms with Gasteiger partial charge in [0.25, 0.3) is 0 Å². The van der Waals surface area contributed by atoms with E-state index in [0.717, 1.165) is 55.2 Å². The highest BCUT2D eigenvalue weighted by atomic mass is 16.1. The summed E-state index contributed by atoms with van der Waals surface area (Å²) in [4.78, 5) is 23.3. The zero-order chi connectivity index (χ0) is 15.8. The van der Waals surface area contributed by atoms with E-state index >= 15 is 0 Å². The monoisotopic (exact) mass is 314 g/mol. The molecule has 1 amide bonds. The second kappa shape index (κ2) is 5.79. The summed E-state index contributed by atoms with van der Waals surface area (Å²) in [5.41, 5.74) is 0.829. The Morgan fingerprint density at radius 1 is 1.35 bits per heavy atom. The Morgan fingerprint density at radius 2 is 2.22 bits per heavy atom. The van der Waals surface area contributed by atoms with E-state index in [1.807, 2.05) is 7.05 Å². The van der Waals surface area contributed by atoms with Crippen molar-refractivity contribution < 1.29 is 4.79 Å². The van der Waals surface area contributed by atoms with Crippen LogP contribution in [0.4, 0.5) is 5.82 Å². The summed E-state index contributed by atoms with van der Waals surface area (Å²) in [5, 5.41) is 8.33. The number of carbonyl (C=O) groups is 1. The molecule has 0 radical (unpaired) electrons. The molecule has 2 aliphatic rings. The summed E-state index contributed by atoms with van der Waals surface area (Å²) in [6, 6.07) is 0. The average Bonchev–Trinajstić information content (AvgIpc) is 3.35. The van der Waals surface area contributed by atoms with Gasteiger partial charge >= 0.3 is 0 Å². The van der Waals surface area contributed by atoms with Crippen molar-refractivity contribution in [3.63, 3.8) is 0 Å². The van der Waals surface area contributed by atoms with E-state index in [4.69, 9.17) is 0 Å². The van der Waals surface area contributed by atoms with E-state index in [0.29, 0.717) is 0 Å². The van der Waals surface area contributed by atoms with Gasteiger partial charge in [0.1, 0.15) is 12.1 Å². The van der Waals surface area contributed by atoms with Crippen molar-refractivity contribution in [1.82, 2.24) is 25.1 Å². The normalized spacial score (nSPS) is 21.6. The topological polar surface area (TPSA) is 75.9 Å². The highest BCUT2D eigenvalue weighted by Crippen LogP contribution is 2.29. The van der Waals surface area contributed by atoms with Gasteiger partial charge in [0, 0.05) is 26.7 Å². The molecule has 7 nitrogen and oxygen atoms in total. The van der Waals surface area contributed by atoms with Crippen LogP contribution in [0.2, 0.25) is 0 Å². The summed E-state index contributed by atoms with van der Waals surface area (Å²) in [6.07, 6.45) is 7.87. The number of hydrogen-bond donors (Lipinski definition) is 1. The van der Waals surface area contributed by atoms with Crippen LogP contribution in [0.3, 0.4) is 0 Å². The molecule has 1 aliphatic carbocycles. The minimum absolute atomic E-state index is 0.0455. The molecule has 1 N–H and O–H groups in total. The van der Waals surface area contributed by atoms with E-state index in [9.17, 15) is 4.79 Å². The van der Waals surface area contributed by atoms with Crippen LogP contribution in [0.15, 0.2) is 12.5 Å². The fourth-order valence-electron chi connectivity index (χ4n) is 3.30. The molecule has 2 aromatic heterocycles. The van der Waals surface area contributed by atoms with E-state index in [1.54, 1.807) is 17.2 Å². The summed E-state index contributed by atoms with van der Waals surface area (Å²) in [5.74, 6) is 1.85. The zero-order valence-corrected chi connectivity index (χ0v) is 13.4. The summed E-state index contributed by atoms with van der Waals surface area (Å²) in [7, 11) is 1.88. The van der Waals surface area contributed by atoms with Crippen molar-refractivity contribution in [1.29, 1.82) is 0 Å². The molecule has 1 saturated carbocycles. The molecule has 0 unspecified atom stereocenters. The minimum atomic E-state index is 0.0455. The summed E-state index contributed by atoms with van der Waals surface area (Å²) >= 11 is 0. The lowest BCUT2D eigenvalue weighted by Crippen LogP contribution is -2.43. The molecule has 0 spiro atoms. The first kappa shape index (κ1) is 14.4. The Kier molecular flexibility index (Phi) is 3.63. The second-order valence-corrected chi connectivity index (χ2v) is 6.68. The molecule has 0 aromatic carbocycles. The smallest absolute Gasteiger partial charge is 0.224 e. The van der Waals surface area contributed by atoms with E-state index < -0.39 is 0 Å². The van der Waals surface area contributed by atoms with Crippen molar-refractivity contribution in [3.8, 4) is 0 Å². The van der Waals surface area contributed by atoms with Crippen molar-refractivity contribution in [3.05, 3.63) is 12.5 Å². The van der Waals surface area contributed by atoms with Crippen molar-refractivity contribution in [2.75, 3.05) is 24.5 Å². The highest BCUT2D eigenvalue weighted by molar-refractivity contribution is 5.87. The third-order valence-electron chi connectivity index (χ3n) is 4.86. The number of hydrogen-bond acceptors (Lipinski definition) is 5. The van der Waals surface area contributed by atoms with E-state index in [2.05, 4.69) is 25.3 Å². The molecular weight excluding hydrogens is 292 g/mol. The lowest BCUT2D eigenvalue weighted by Gasteiger charge is -2.33. The van der Waals surface area contributed by atoms with Crippen LogP contribution in [0, 0.1) is 11.8 Å². The molecule has 1 atom stereocenters. The largest absolute Gasteiger partial charge is 0.356 e. The van der Waals surface area contributed by atoms with Gasteiger partial charge in [-0.3, -0.25) is 9.48 Å². The third-order valence-corrected chi connectivity index (χ3v) is 4.86. The van der Waals surface area contributed by atoms with Crippen LogP contribution < -0.4 is 10.2 Å². The van der Waals surface area contributed by atoms with Gasteiger partial charge in [-0.1, -0.05) is 0 Å². The minimum Gasteiger partial charge on any atom is -0.356 e. The predicted octanol–water partition coefficient (Wildman–Crippen LogP) is 1.11. The van der Waals surface area contributed by atoms with Gasteiger partial charge in [0.15, 0.2) is 5.65 Å². The first-order valence-electron chi connectivity index (χ1n) is 8.37. The SMILES string of the molecule is Cn1ncc2c(N3CCC[C@H](C(=O)NCC4CC4)C3)ncnc21. The van der Waals surface area contributed by atoms with Crippen molar-refractivity contribution in [2.24, 2.45) is 18.9 Å². The molecule has 0 bridgehead atoms. The van der Waals surface area contributed by atoms with Crippen LogP contribution in [0.5, 0.6) is 0 Å². The number of anilines is 1. The Balaban J connectivity index is 1.50. The third kappa shape index (κ3) is 2.87. The molecule has 3 heterocycles. The number of rotatable bonds is 4. The Labute approximate surface area is 135 Å². The molecule has 7 heteroatoms. The Bertz CT molecular complexity index is 722. The van der Waals surface area contributed by atoms with Gasteiger partial charge in [0.2, 0.25) is 5.91 Å². The van der Waals surface area contributed by atoms with E-state index in [1.165, 1.54) is 12.8 Å². The highest BCUT2D eigenvalue weighted by Gasteiger charge is 2.29. The van der Waals surface area contributed by atoms with Gasteiger partial charge < -0.3 is 10.2 Å². The Morgan fingerprint density at radius 3 is 3.04 bits per heavy atom. The second-order valence-electron chi connectivity index (χ2n) is 6.68. The lowest BCUT2D eigenvalue weighted by atomic mass is 9.97. The van der Waals surface area contributed by atoms with Gasteiger partial charge in [-0.15, -0.1) is 0 Å². The first-order valence-corrected chi connectivity index (χ1v) is 8.37. The number of piperidine rings is 1. The molecule has 23 heavy (non-hydrogen) atoms. The number of carbonyl (C=O) groups excluding carboxylic acids is 1. The fraction of sp³-hybridized carbons (Fsp3) is 0.625. The fourth-order valence-corrected chi connectivity index (χ4v) is 3.30. The van der Waals surface area contributed by atoms with Gasteiger partial charge in [0.05, 0.1) is 17.5 Å². The van der Waals surface area contributed by atoms with E-state index in [-0.39, 0.29) is 11.8 Å². The maximum Gasteiger partial charge on any atom is 0.224 e. The van der Waals surface area contributed by atoms with Crippen LogP contribution in [0.25, 0.3) is 11.0 Å². The molecule has 1 saturated heterocycles. The quantitative estimate of drug-likeness (QED) is 0.915. The summed E-state index contributed by atoms with van der Waals surface area (Å²) < 4.78 is 1.75. The summed E-state index contributed by atoms with van der Waals surface area (Å²) in [6.45, 7) is 2.49. The van der Waals surface area contributed by atoms with Gasteiger partial charge in [-0.2, -0.15) is 5.10 Å². The molecule has 1 aliphatic heterocycles. The first-order chi connectivity index (χ1) is 11.2. The number of aryl methyl sites for hydroxylation is 1. The van der Waals surface area contributed by atoms with Crippen LogP contribution in [0.1, 0.15) is 25.7 Å². The van der Waals surface area contributed by atoms with Crippen LogP contribution >= 0.6 is 0 Å². The van der Waals surface area contributed by atoms with Gasteiger partial charge in [-0.25, -0.2) is 9.97 Å². The molecular formula is C16H22N6O. The number of fused-ring (bicyclic) bond motifs is 1.